The highest BCUT2D eigenvalue weighted by Gasteiger charge is 2.27. The molecular formula is C21H25Cl2N3O3. The van der Waals surface area contributed by atoms with Crippen molar-refractivity contribution < 1.29 is 14.3 Å². The summed E-state index contributed by atoms with van der Waals surface area (Å²) in [7, 11) is 0. The standard InChI is InChI=1S/C21H25Cl2N3O3/c1-21(2,3)29-20(27)26-10-7-16(8-11-26)28-19-6-9-24-18(25-19)12-14-4-5-15(22)13-17(14)23/h4-6,9,13,16H,7-8,10-12H2,1-3H3. The van der Waals surface area contributed by atoms with Crippen LogP contribution in [0.2, 0.25) is 10.0 Å². The third kappa shape index (κ3) is 6.47. The monoisotopic (exact) mass is 437 g/mol. The van der Waals surface area contributed by atoms with Crippen LogP contribution in [0.3, 0.4) is 0 Å². The Balaban J connectivity index is 1.55. The van der Waals surface area contributed by atoms with Crippen LogP contribution in [0.5, 0.6) is 5.88 Å². The van der Waals surface area contributed by atoms with Gasteiger partial charge in [0, 0.05) is 54.7 Å². The van der Waals surface area contributed by atoms with Crippen molar-refractivity contribution in [2.75, 3.05) is 13.1 Å². The van der Waals surface area contributed by atoms with Crippen molar-refractivity contribution in [3.8, 4) is 5.88 Å². The molecule has 0 aliphatic carbocycles. The van der Waals surface area contributed by atoms with E-state index in [4.69, 9.17) is 32.7 Å². The number of amides is 1. The number of benzene rings is 1. The Morgan fingerprint density at radius 1 is 1.21 bits per heavy atom. The van der Waals surface area contributed by atoms with E-state index in [1.165, 1.54) is 0 Å². The second-order valence-corrected chi connectivity index (χ2v) is 8.85. The first-order chi connectivity index (χ1) is 13.7. The Labute approximate surface area is 181 Å². The molecule has 0 spiro atoms. The maximum Gasteiger partial charge on any atom is 0.410 e. The number of piperidine rings is 1. The number of likely N-dealkylation sites (tertiary alicyclic amines) is 1. The number of ether oxygens (including phenoxy) is 2. The highest BCUT2D eigenvalue weighted by Crippen LogP contribution is 2.24. The molecule has 0 radical (unpaired) electrons. The summed E-state index contributed by atoms with van der Waals surface area (Å²) in [6.45, 7) is 6.79. The van der Waals surface area contributed by atoms with E-state index in [1.54, 1.807) is 29.3 Å². The van der Waals surface area contributed by atoms with Crippen LogP contribution in [0.1, 0.15) is 45.0 Å². The minimum atomic E-state index is -0.491. The van der Waals surface area contributed by atoms with Gasteiger partial charge >= 0.3 is 6.09 Å². The number of aromatic nitrogens is 2. The molecule has 6 nitrogen and oxygen atoms in total. The first-order valence-electron chi connectivity index (χ1n) is 9.60. The van der Waals surface area contributed by atoms with Crippen LogP contribution in [0, 0.1) is 0 Å². The second-order valence-electron chi connectivity index (χ2n) is 8.01. The van der Waals surface area contributed by atoms with Crippen LogP contribution in [0.25, 0.3) is 0 Å². The smallest absolute Gasteiger partial charge is 0.410 e. The molecule has 2 heterocycles. The van der Waals surface area contributed by atoms with Crippen LogP contribution < -0.4 is 4.74 Å². The summed E-state index contributed by atoms with van der Waals surface area (Å²) in [6, 6.07) is 7.11. The van der Waals surface area contributed by atoms with Crippen molar-refractivity contribution in [3.63, 3.8) is 0 Å². The average molecular weight is 438 g/mol. The first kappa shape index (κ1) is 21.7. The predicted octanol–water partition coefficient (Wildman–Crippen LogP) is 5.15. The number of nitrogens with zero attached hydrogens (tertiary/aromatic N) is 3. The Morgan fingerprint density at radius 2 is 1.93 bits per heavy atom. The van der Waals surface area contributed by atoms with Gasteiger partial charge in [0.2, 0.25) is 5.88 Å². The molecular weight excluding hydrogens is 413 g/mol. The Hall–Kier alpha value is -2.05. The van der Waals surface area contributed by atoms with Gasteiger partial charge in [-0.1, -0.05) is 29.3 Å². The molecule has 29 heavy (non-hydrogen) atoms. The van der Waals surface area contributed by atoms with Gasteiger partial charge in [-0.25, -0.2) is 9.78 Å². The van der Waals surface area contributed by atoms with E-state index in [2.05, 4.69) is 9.97 Å². The first-order valence-corrected chi connectivity index (χ1v) is 10.4. The maximum absolute atomic E-state index is 12.2. The molecule has 0 unspecified atom stereocenters. The Morgan fingerprint density at radius 3 is 2.59 bits per heavy atom. The largest absolute Gasteiger partial charge is 0.474 e. The van der Waals surface area contributed by atoms with Crippen molar-refractivity contribution in [2.24, 2.45) is 0 Å². The molecule has 1 aromatic heterocycles. The van der Waals surface area contributed by atoms with Crippen LogP contribution in [-0.4, -0.2) is 45.8 Å². The van der Waals surface area contributed by atoms with Crippen molar-refractivity contribution in [2.45, 2.75) is 51.7 Å². The average Bonchev–Trinajstić information content (AvgIpc) is 2.64. The van der Waals surface area contributed by atoms with Gasteiger partial charge in [-0.05, 0) is 38.5 Å². The molecule has 0 N–H and O–H groups in total. The van der Waals surface area contributed by atoms with Gasteiger partial charge < -0.3 is 14.4 Å². The van der Waals surface area contributed by atoms with Crippen LogP contribution in [0.15, 0.2) is 30.5 Å². The zero-order valence-electron chi connectivity index (χ0n) is 16.8. The zero-order chi connectivity index (χ0) is 21.0. The van der Waals surface area contributed by atoms with Crippen LogP contribution >= 0.6 is 23.2 Å². The normalized spacial score (nSPS) is 15.3. The van der Waals surface area contributed by atoms with E-state index in [0.29, 0.717) is 41.3 Å². The molecule has 0 atom stereocenters. The van der Waals surface area contributed by atoms with E-state index in [1.807, 2.05) is 26.8 Å². The fourth-order valence-electron chi connectivity index (χ4n) is 3.02. The molecule has 1 fully saturated rings. The minimum Gasteiger partial charge on any atom is -0.474 e. The lowest BCUT2D eigenvalue weighted by Gasteiger charge is -2.33. The van der Waals surface area contributed by atoms with Crippen molar-refractivity contribution in [1.29, 1.82) is 0 Å². The van der Waals surface area contributed by atoms with Gasteiger partial charge in [0.25, 0.3) is 0 Å². The summed E-state index contributed by atoms with van der Waals surface area (Å²) in [5.41, 5.74) is 0.410. The van der Waals surface area contributed by atoms with E-state index < -0.39 is 5.60 Å². The third-order valence-electron chi connectivity index (χ3n) is 4.42. The molecule has 2 aromatic rings. The number of carbonyl (C=O) groups excluding carboxylic acids is 1. The molecule has 1 aliphatic heterocycles. The predicted molar refractivity (Wildman–Crippen MR) is 113 cm³/mol. The fraction of sp³-hybridized carbons (Fsp3) is 0.476. The summed E-state index contributed by atoms with van der Waals surface area (Å²) < 4.78 is 11.5. The number of halogens is 2. The van der Waals surface area contributed by atoms with Gasteiger partial charge in [0.15, 0.2) is 0 Å². The Kier molecular flexibility index (Phi) is 6.85. The molecule has 156 valence electrons. The van der Waals surface area contributed by atoms with Gasteiger partial charge in [-0.2, -0.15) is 4.98 Å². The number of carbonyl (C=O) groups is 1. The van der Waals surface area contributed by atoms with Crippen molar-refractivity contribution in [1.82, 2.24) is 14.9 Å². The third-order valence-corrected chi connectivity index (χ3v) is 5.01. The summed E-state index contributed by atoms with van der Waals surface area (Å²) in [5, 5.41) is 1.18. The lowest BCUT2D eigenvalue weighted by Crippen LogP contribution is -2.44. The highest BCUT2D eigenvalue weighted by atomic mass is 35.5. The van der Waals surface area contributed by atoms with E-state index >= 15 is 0 Å². The van der Waals surface area contributed by atoms with Gasteiger partial charge in [-0.15, -0.1) is 0 Å². The lowest BCUT2D eigenvalue weighted by atomic mass is 10.1. The zero-order valence-corrected chi connectivity index (χ0v) is 18.3. The molecule has 1 amide bonds. The van der Waals surface area contributed by atoms with Gasteiger partial charge in [-0.3, -0.25) is 0 Å². The molecule has 0 bridgehead atoms. The highest BCUT2D eigenvalue weighted by molar-refractivity contribution is 6.35. The van der Waals surface area contributed by atoms with Crippen LogP contribution in [0.4, 0.5) is 4.79 Å². The summed E-state index contributed by atoms with van der Waals surface area (Å²) in [4.78, 5) is 22.7. The van der Waals surface area contributed by atoms with Gasteiger partial charge in [0.05, 0.1) is 0 Å². The number of rotatable bonds is 4. The summed E-state index contributed by atoms with van der Waals surface area (Å²) >= 11 is 12.2. The van der Waals surface area contributed by atoms with E-state index in [9.17, 15) is 4.79 Å². The van der Waals surface area contributed by atoms with Crippen molar-refractivity contribution in [3.05, 3.63) is 51.9 Å². The quantitative estimate of drug-likeness (QED) is 0.661. The summed E-state index contributed by atoms with van der Waals surface area (Å²) in [5.74, 6) is 1.15. The van der Waals surface area contributed by atoms with Crippen LogP contribution in [-0.2, 0) is 11.2 Å². The van der Waals surface area contributed by atoms with E-state index in [0.717, 1.165) is 18.4 Å². The van der Waals surface area contributed by atoms with E-state index in [-0.39, 0.29) is 12.2 Å². The fourth-order valence-corrected chi connectivity index (χ4v) is 3.50. The van der Waals surface area contributed by atoms with Crippen molar-refractivity contribution >= 4 is 29.3 Å². The maximum atomic E-state index is 12.2. The number of hydrogen-bond acceptors (Lipinski definition) is 5. The second kappa shape index (κ2) is 9.18. The molecule has 3 rings (SSSR count). The van der Waals surface area contributed by atoms with Gasteiger partial charge in [0.1, 0.15) is 17.5 Å². The molecule has 0 saturated carbocycles. The lowest BCUT2D eigenvalue weighted by molar-refractivity contribution is 0.0123. The summed E-state index contributed by atoms with van der Waals surface area (Å²) in [6.07, 6.45) is 3.33. The molecule has 8 heteroatoms. The Bertz CT molecular complexity index is 862. The SMILES string of the molecule is CC(C)(C)OC(=O)N1CCC(Oc2ccnc(Cc3ccc(Cl)cc3Cl)n2)CC1. The number of hydrogen-bond donors (Lipinski definition) is 0. The molecule has 1 saturated heterocycles. The minimum absolute atomic E-state index is 0.00411. The topological polar surface area (TPSA) is 64.5 Å². The molecule has 1 aromatic carbocycles. The molecule has 1 aliphatic rings.